The first kappa shape index (κ1) is 19.3. The van der Waals surface area contributed by atoms with Gasteiger partial charge in [0.2, 0.25) is 11.9 Å². The standard InChI is InChI=1S/C21H23FN4O3/c1-10-6-7-23-21(24-10)25-18-11(2)19(13-4-5-13)26(12(3)27)17-9-16(22)14(20(28)29)8-15(17)18/h6-9,11,13,18-19H,4-5H2,1-3H3,(H,28,29)(H,23,24,25). The number of rotatable bonds is 4. The Morgan fingerprint density at radius 2 is 2.03 bits per heavy atom. The summed E-state index contributed by atoms with van der Waals surface area (Å²) in [5.74, 6) is -1.66. The van der Waals surface area contributed by atoms with Gasteiger partial charge in [-0.3, -0.25) is 4.79 Å². The summed E-state index contributed by atoms with van der Waals surface area (Å²) in [6.07, 6.45) is 3.67. The predicted octanol–water partition coefficient (Wildman–Crippen LogP) is 3.56. The fourth-order valence-electron chi connectivity index (χ4n) is 4.40. The van der Waals surface area contributed by atoms with Crippen molar-refractivity contribution in [3.05, 3.63) is 47.0 Å². The van der Waals surface area contributed by atoms with Crippen LogP contribution in [0, 0.1) is 24.6 Å². The number of aromatic carboxylic acids is 1. The molecule has 2 aromatic rings. The van der Waals surface area contributed by atoms with Gasteiger partial charge >= 0.3 is 5.97 Å². The van der Waals surface area contributed by atoms with E-state index in [1.165, 1.54) is 19.1 Å². The summed E-state index contributed by atoms with van der Waals surface area (Å²) >= 11 is 0. The summed E-state index contributed by atoms with van der Waals surface area (Å²) in [6.45, 7) is 5.35. The zero-order valence-corrected chi connectivity index (χ0v) is 16.5. The topological polar surface area (TPSA) is 95.4 Å². The lowest BCUT2D eigenvalue weighted by atomic mass is 9.79. The van der Waals surface area contributed by atoms with Gasteiger partial charge in [0.25, 0.3) is 0 Å². The van der Waals surface area contributed by atoms with E-state index in [4.69, 9.17) is 0 Å². The fourth-order valence-corrected chi connectivity index (χ4v) is 4.40. The molecule has 1 fully saturated rings. The first-order valence-electron chi connectivity index (χ1n) is 9.70. The van der Waals surface area contributed by atoms with Crippen molar-refractivity contribution in [3.63, 3.8) is 0 Å². The molecule has 2 N–H and O–H groups in total. The van der Waals surface area contributed by atoms with Crippen molar-refractivity contribution in [1.82, 2.24) is 9.97 Å². The molecule has 3 unspecified atom stereocenters. The molecule has 0 radical (unpaired) electrons. The minimum absolute atomic E-state index is 0.0462. The van der Waals surface area contributed by atoms with Gasteiger partial charge in [0.1, 0.15) is 5.82 Å². The molecular formula is C21H23FN4O3. The van der Waals surface area contributed by atoms with Crippen LogP contribution in [0.3, 0.4) is 0 Å². The molecule has 1 saturated carbocycles. The molecule has 1 aliphatic carbocycles. The zero-order chi connectivity index (χ0) is 20.9. The maximum Gasteiger partial charge on any atom is 0.338 e. The Balaban J connectivity index is 1.87. The summed E-state index contributed by atoms with van der Waals surface area (Å²) in [6, 6.07) is 3.83. The van der Waals surface area contributed by atoms with Gasteiger partial charge in [-0.25, -0.2) is 19.2 Å². The number of halogens is 1. The molecule has 1 aliphatic heterocycles. The van der Waals surface area contributed by atoms with Crippen molar-refractivity contribution in [1.29, 1.82) is 0 Å². The number of carbonyl (C=O) groups excluding carboxylic acids is 1. The van der Waals surface area contributed by atoms with Gasteiger partial charge in [0.15, 0.2) is 0 Å². The van der Waals surface area contributed by atoms with Crippen molar-refractivity contribution in [3.8, 4) is 0 Å². The van der Waals surface area contributed by atoms with E-state index in [0.717, 1.165) is 18.5 Å². The second-order valence-electron chi connectivity index (χ2n) is 7.92. The molecule has 152 valence electrons. The number of aromatic nitrogens is 2. The first-order chi connectivity index (χ1) is 13.8. The van der Waals surface area contributed by atoms with Crippen LogP contribution in [0.5, 0.6) is 0 Å². The maximum absolute atomic E-state index is 14.5. The minimum Gasteiger partial charge on any atom is -0.478 e. The van der Waals surface area contributed by atoms with Gasteiger partial charge in [-0.05, 0) is 49.4 Å². The van der Waals surface area contributed by atoms with Gasteiger partial charge in [-0.15, -0.1) is 0 Å². The number of amides is 1. The molecule has 29 heavy (non-hydrogen) atoms. The number of hydrogen-bond acceptors (Lipinski definition) is 5. The van der Waals surface area contributed by atoms with E-state index in [2.05, 4.69) is 15.3 Å². The monoisotopic (exact) mass is 398 g/mol. The van der Waals surface area contributed by atoms with Crippen LogP contribution in [0.1, 0.15) is 54.3 Å². The number of fused-ring (bicyclic) bond motifs is 1. The molecule has 7 nitrogen and oxygen atoms in total. The SMILES string of the molecule is CC(=O)N1c2cc(F)c(C(=O)O)cc2C(Nc2nccc(C)n2)C(C)C1C1CC1. The highest BCUT2D eigenvalue weighted by atomic mass is 19.1. The summed E-state index contributed by atoms with van der Waals surface area (Å²) < 4.78 is 14.5. The van der Waals surface area contributed by atoms with Crippen LogP contribution < -0.4 is 10.2 Å². The molecular weight excluding hydrogens is 375 g/mol. The zero-order valence-electron chi connectivity index (χ0n) is 16.5. The van der Waals surface area contributed by atoms with E-state index in [-0.39, 0.29) is 23.9 Å². The number of benzene rings is 1. The van der Waals surface area contributed by atoms with Gasteiger partial charge < -0.3 is 15.3 Å². The molecule has 1 aromatic heterocycles. The molecule has 0 spiro atoms. The van der Waals surface area contributed by atoms with Gasteiger partial charge in [-0.2, -0.15) is 0 Å². The highest BCUT2D eigenvalue weighted by Crippen LogP contribution is 2.50. The fraction of sp³-hybridized carbons (Fsp3) is 0.429. The van der Waals surface area contributed by atoms with Crippen molar-refractivity contribution >= 4 is 23.5 Å². The number of nitrogens with zero attached hydrogens (tertiary/aromatic N) is 3. The molecule has 8 heteroatoms. The Hall–Kier alpha value is -3.03. The van der Waals surface area contributed by atoms with E-state index in [0.29, 0.717) is 23.1 Å². The van der Waals surface area contributed by atoms with E-state index >= 15 is 0 Å². The Labute approximate surface area is 168 Å². The second-order valence-corrected chi connectivity index (χ2v) is 7.92. The minimum atomic E-state index is -1.35. The van der Waals surface area contributed by atoms with Crippen LogP contribution in [-0.4, -0.2) is 33.0 Å². The van der Waals surface area contributed by atoms with E-state index < -0.39 is 17.3 Å². The quantitative estimate of drug-likeness (QED) is 0.818. The average molecular weight is 398 g/mol. The molecule has 4 rings (SSSR count). The molecule has 2 aliphatic rings. The number of carboxylic acids is 1. The summed E-state index contributed by atoms with van der Waals surface area (Å²) in [7, 11) is 0. The van der Waals surface area contributed by atoms with Crippen LogP contribution in [-0.2, 0) is 4.79 Å². The number of hydrogen-bond donors (Lipinski definition) is 2. The van der Waals surface area contributed by atoms with Crippen LogP contribution in [0.2, 0.25) is 0 Å². The third-order valence-corrected chi connectivity index (χ3v) is 5.83. The van der Waals surface area contributed by atoms with Crippen molar-refractivity contribution in [2.75, 3.05) is 10.2 Å². The normalized spacial score (nSPS) is 23.4. The van der Waals surface area contributed by atoms with Crippen molar-refractivity contribution in [2.45, 2.75) is 45.7 Å². The number of carbonyl (C=O) groups is 2. The van der Waals surface area contributed by atoms with E-state index in [1.807, 2.05) is 13.8 Å². The van der Waals surface area contributed by atoms with E-state index in [9.17, 15) is 19.1 Å². The molecule has 2 heterocycles. The van der Waals surface area contributed by atoms with Gasteiger partial charge in [0, 0.05) is 30.8 Å². The smallest absolute Gasteiger partial charge is 0.338 e. The number of aryl methyl sites for hydroxylation is 1. The Bertz CT molecular complexity index is 992. The molecule has 3 atom stereocenters. The summed E-state index contributed by atoms with van der Waals surface area (Å²) in [5.41, 5.74) is 1.36. The largest absolute Gasteiger partial charge is 0.478 e. The molecule has 1 amide bonds. The molecule has 0 bridgehead atoms. The second kappa shape index (κ2) is 7.09. The van der Waals surface area contributed by atoms with E-state index in [1.54, 1.807) is 17.2 Å². The van der Waals surface area contributed by atoms with Crippen LogP contribution in [0.4, 0.5) is 16.0 Å². The van der Waals surface area contributed by atoms with Crippen molar-refractivity contribution < 1.29 is 19.1 Å². The Kier molecular flexibility index (Phi) is 4.72. The summed E-state index contributed by atoms with van der Waals surface area (Å²) in [4.78, 5) is 34.4. The molecule has 0 saturated heterocycles. The number of carboxylic acid groups (broad SMARTS) is 1. The number of anilines is 2. The highest BCUT2D eigenvalue weighted by molar-refractivity contribution is 5.96. The third-order valence-electron chi connectivity index (χ3n) is 5.83. The third kappa shape index (κ3) is 3.43. The van der Waals surface area contributed by atoms with Crippen LogP contribution in [0.15, 0.2) is 24.4 Å². The highest BCUT2D eigenvalue weighted by Gasteiger charge is 2.48. The lowest BCUT2D eigenvalue weighted by molar-refractivity contribution is -0.117. The Morgan fingerprint density at radius 3 is 2.62 bits per heavy atom. The van der Waals surface area contributed by atoms with Gasteiger partial charge in [0.05, 0.1) is 17.3 Å². The first-order valence-corrected chi connectivity index (χ1v) is 9.70. The Morgan fingerprint density at radius 1 is 1.31 bits per heavy atom. The lowest BCUT2D eigenvalue weighted by Gasteiger charge is -2.45. The predicted molar refractivity (Wildman–Crippen MR) is 105 cm³/mol. The van der Waals surface area contributed by atoms with Crippen molar-refractivity contribution in [2.24, 2.45) is 11.8 Å². The number of nitrogens with one attached hydrogen (secondary N) is 1. The summed E-state index contributed by atoms with van der Waals surface area (Å²) in [5, 5.41) is 12.7. The molecule has 1 aromatic carbocycles. The maximum atomic E-state index is 14.5. The lowest BCUT2D eigenvalue weighted by Crippen LogP contribution is -2.51. The van der Waals surface area contributed by atoms with Crippen LogP contribution >= 0.6 is 0 Å². The average Bonchev–Trinajstić information content (AvgIpc) is 3.47. The van der Waals surface area contributed by atoms with Gasteiger partial charge in [-0.1, -0.05) is 6.92 Å². The van der Waals surface area contributed by atoms with Crippen LogP contribution in [0.25, 0.3) is 0 Å².